The molecule has 2 saturated heterocycles. The van der Waals surface area contributed by atoms with Gasteiger partial charge in [0.15, 0.2) is 5.78 Å². The first-order chi connectivity index (χ1) is 21.6. The Morgan fingerprint density at radius 2 is 1.39 bits per heavy atom. The molecular weight excluding hydrogens is 590 g/mol. The van der Waals surface area contributed by atoms with Crippen LogP contribution in [0.2, 0.25) is 0 Å². The number of aliphatic hydroxyl groups is 1. The number of benzene rings is 1. The topological polar surface area (TPSA) is 168 Å². The van der Waals surface area contributed by atoms with Crippen LogP contribution in [0.1, 0.15) is 79.7 Å². The maximum absolute atomic E-state index is 13.8. The Morgan fingerprint density at radius 3 is 1.96 bits per heavy atom. The van der Waals surface area contributed by atoms with Crippen molar-refractivity contribution in [1.82, 2.24) is 25.8 Å². The molecule has 2 aliphatic rings. The fraction of sp³-hybridized carbons (Fsp3) is 0.676. The van der Waals surface area contributed by atoms with E-state index in [-0.39, 0.29) is 47.8 Å². The predicted octanol–water partition coefficient (Wildman–Crippen LogP) is 1.51. The lowest BCUT2D eigenvalue weighted by molar-refractivity contribution is -0.143. The number of carbonyl (C=O) groups is 5. The summed E-state index contributed by atoms with van der Waals surface area (Å²) in [5, 5.41) is 28.4. The van der Waals surface area contributed by atoms with Gasteiger partial charge in [0.2, 0.25) is 23.6 Å². The number of hydrogen-bond acceptors (Lipinski definition) is 8. The van der Waals surface area contributed by atoms with Crippen molar-refractivity contribution in [1.29, 1.82) is 0 Å². The predicted molar refractivity (Wildman–Crippen MR) is 174 cm³/mol. The van der Waals surface area contributed by atoms with Crippen molar-refractivity contribution >= 4 is 29.4 Å². The first kappa shape index (κ1) is 37.0. The monoisotopic (exact) mass is 643 g/mol. The summed E-state index contributed by atoms with van der Waals surface area (Å²) in [6, 6.07) is 1.97. The number of hydrogen-bond donors (Lipinski definition) is 5. The van der Waals surface area contributed by atoms with E-state index in [9.17, 15) is 34.2 Å². The van der Waals surface area contributed by atoms with Crippen LogP contribution in [0.4, 0.5) is 0 Å². The quantitative estimate of drug-likeness (QED) is 0.203. The van der Waals surface area contributed by atoms with Gasteiger partial charge in [-0.2, -0.15) is 0 Å². The first-order valence-corrected chi connectivity index (χ1v) is 16.6. The molecule has 0 saturated carbocycles. The Morgan fingerprint density at radius 1 is 0.804 bits per heavy atom. The first-order valence-electron chi connectivity index (χ1n) is 16.6. The van der Waals surface area contributed by atoms with Crippen molar-refractivity contribution in [3.63, 3.8) is 0 Å². The molecule has 1 aromatic rings. The number of ketones is 1. The van der Waals surface area contributed by atoms with Crippen LogP contribution in [0.25, 0.3) is 0 Å². The largest absolute Gasteiger partial charge is 0.508 e. The molecule has 12 nitrogen and oxygen atoms in total. The molecular formula is C34H53N5O7. The number of aromatic hydroxyl groups is 1. The summed E-state index contributed by atoms with van der Waals surface area (Å²) in [5.74, 6) is -2.66. The van der Waals surface area contributed by atoms with Gasteiger partial charge in [0.1, 0.15) is 23.9 Å². The molecule has 0 radical (unpaired) electrons. The van der Waals surface area contributed by atoms with Crippen molar-refractivity contribution in [2.75, 3.05) is 13.1 Å². The zero-order valence-electron chi connectivity index (χ0n) is 28.3. The van der Waals surface area contributed by atoms with Gasteiger partial charge in [-0.3, -0.25) is 28.9 Å². The molecule has 2 aliphatic heterocycles. The fourth-order valence-electron chi connectivity index (χ4n) is 6.34. The average molecular weight is 644 g/mol. The number of amides is 4. The number of rotatable bonds is 14. The van der Waals surface area contributed by atoms with E-state index >= 15 is 0 Å². The number of phenols is 1. The molecule has 6 atom stereocenters. The molecule has 0 bridgehead atoms. The van der Waals surface area contributed by atoms with Crippen LogP contribution >= 0.6 is 0 Å². The number of Topliss-reactive ketones (excluding diaryl/α,β-unsaturated/α-hetero) is 1. The van der Waals surface area contributed by atoms with Crippen LogP contribution in [0.3, 0.4) is 0 Å². The van der Waals surface area contributed by atoms with Gasteiger partial charge in [-0.15, -0.1) is 0 Å². The van der Waals surface area contributed by atoms with E-state index in [1.807, 2.05) is 0 Å². The highest BCUT2D eigenvalue weighted by atomic mass is 16.3. The van der Waals surface area contributed by atoms with Crippen molar-refractivity contribution in [2.45, 2.75) is 123 Å². The third-order valence-electron chi connectivity index (χ3n) is 8.99. The van der Waals surface area contributed by atoms with Gasteiger partial charge < -0.3 is 31.1 Å². The fourth-order valence-corrected chi connectivity index (χ4v) is 6.34. The van der Waals surface area contributed by atoms with Gasteiger partial charge in [-0.25, -0.2) is 0 Å². The molecule has 4 amide bonds. The van der Waals surface area contributed by atoms with E-state index in [2.05, 4.69) is 34.7 Å². The van der Waals surface area contributed by atoms with E-state index in [4.69, 9.17) is 0 Å². The second kappa shape index (κ2) is 16.4. The molecule has 1 aromatic carbocycles. The lowest BCUT2D eigenvalue weighted by Crippen LogP contribution is -2.61. The summed E-state index contributed by atoms with van der Waals surface area (Å²) >= 11 is 0. The van der Waals surface area contributed by atoms with Gasteiger partial charge in [0.25, 0.3) is 0 Å². The molecule has 3 rings (SSSR count). The van der Waals surface area contributed by atoms with Crippen molar-refractivity contribution in [2.24, 2.45) is 11.8 Å². The van der Waals surface area contributed by atoms with Crippen LogP contribution in [0.5, 0.6) is 5.75 Å². The molecule has 5 N–H and O–H groups in total. The SMILES string of the molecule is CC(C)C(=O)[C@@H](NC(=O)C(NC(=O)[C@H](Cc1ccc(O)cc1)NC(=O)[C@@H]1CCCN1C(=O)[C@@H]1CCCN1C(C)C)[C@@H](C)O)C(C)C. The number of carbonyl (C=O) groups excluding carboxylic acids is 5. The summed E-state index contributed by atoms with van der Waals surface area (Å²) in [6.45, 7) is 13.8. The van der Waals surface area contributed by atoms with Gasteiger partial charge >= 0.3 is 0 Å². The normalized spacial score (nSPS) is 21.2. The van der Waals surface area contributed by atoms with Crippen LogP contribution in [-0.4, -0.2) is 105 Å². The maximum atomic E-state index is 13.8. The summed E-state index contributed by atoms with van der Waals surface area (Å²) in [7, 11) is 0. The smallest absolute Gasteiger partial charge is 0.245 e. The molecule has 46 heavy (non-hydrogen) atoms. The summed E-state index contributed by atoms with van der Waals surface area (Å²) in [4.78, 5) is 71.1. The Bertz CT molecular complexity index is 1230. The maximum Gasteiger partial charge on any atom is 0.245 e. The number of likely N-dealkylation sites (tertiary alicyclic amines) is 2. The number of nitrogens with zero attached hydrogens (tertiary/aromatic N) is 2. The Kier molecular flexibility index (Phi) is 13.1. The van der Waals surface area contributed by atoms with Gasteiger partial charge in [-0.1, -0.05) is 39.8 Å². The van der Waals surface area contributed by atoms with Crippen molar-refractivity contribution in [3.8, 4) is 5.75 Å². The molecule has 0 aliphatic carbocycles. The molecule has 256 valence electrons. The second-order valence-electron chi connectivity index (χ2n) is 13.6. The van der Waals surface area contributed by atoms with E-state index < -0.39 is 48.0 Å². The minimum absolute atomic E-state index is 0.0247. The molecule has 12 heteroatoms. The van der Waals surface area contributed by atoms with Gasteiger partial charge in [0, 0.05) is 24.9 Å². The highest BCUT2D eigenvalue weighted by Crippen LogP contribution is 2.26. The molecule has 2 heterocycles. The Balaban J connectivity index is 1.81. The number of nitrogens with one attached hydrogen (secondary N) is 3. The van der Waals surface area contributed by atoms with Crippen LogP contribution < -0.4 is 16.0 Å². The summed E-state index contributed by atoms with van der Waals surface area (Å²) in [6.07, 6.45) is 1.47. The van der Waals surface area contributed by atoms with E-state index in [1.165, 1.54) is 19.1 Å². The van der Waals surface area contributed by atoms with Crippen molar-refractivity contribution in [3.05, 3.63) is 29.8 Å². The second-order valence-corrected chi connectivity index (χ2v) is 13.6. The van der Waals surface area contributed by atoms with E-state index in [1.54, 1.807) is 44.7 Å². The van der Waals surface area contributed by atoms with Crippen LogP contribution in [-0.2, 0) is 30.4 Å². The third-order valence-corrected chi connectivity index (χ3v) is 8.99. The zero-order chi connectivity index (χ0) is 34.3. The minimum atomic E-state index is -1.40. The highest BCUT2D eigenvalue weighted by molar-refractivity contribution is 5.97. The Labute approximate surface area is 272 Å². The average Bonchev–Trinajstić information content (AvgIpc) is 3.69. The highest BCUT2D eigenvalue weighted by Gasteiger charge is 2.42. The summed E-state index contributed by atoms with van der Waals surface area (Å²) < 4.78 is 0. The van der Waals surface area contributed by atoms with E-state index in [0.717, 1.165) is 19.4 Å². The zero-order valence-corrected chi connectivity index (χ0v) is 28.3. The van der Waals surface area contributed by atoms with Crippen molar-refractivity contribution < 1.29 is 34.2 Å². The number of phenolic OH excluding ortho intramolecular Hbond substituents is 1. The van der Waals surface area contributed by atoms with E-state index in [0.29, 0.717) is 24.9 Å². The van der Waals surface area contributed by atoms with Gasteiger partial charge in [-0.05, 0) is 76.6 Å². The van der Waals surface area contributed by atoms with Gasteiger partial charge in [0.05, 0.1) is 18.2 Å². The van der Waals surface area contributed by atoms with Crippen LogP contribution in [0.15, 0.2) is 24.3 Å². The lowest BCUT2D eigenvalue weighted by atomic mass is 9.92. The number of aliphatic hydroxyl groups excluding tert-OH is 1. The Hall–Kier alpha value is -3.51. The third kappa shape index (κ3) is 9.28. The molecule has 2 fully saturated rings. The van der Waals surface area contributed by atoms with Crippen LogP contribution in [0, 0.1) is 11.8 Å². The molecule has 0 spiro atoms. The summed E-state index contributed by atoms with van der Waals surface area (Å²) in [5.41, 5.74) is 0.636. The standard InChI is InChI=1S/C34H53N5O7/c1-19(2)28(30(42)20(3)4)36-33(45)29(22(7)40)37-31(43)25(18-23-12-14-24(41)15-13-23)35-32(44)26-10-8-17-39(26)34(46)27-11-9-16-38(27)21(5)6/h12-15,19-22,25-29,40-41H,8-11,16-18H2,1-7H3,(H,35,44)(H,36,45)(H,37,43)/t22-,25+,26+,27+,28+,29?/m1/s1. The minimum Gasteiger partial charge on any atom is -0.508 e. The molecule has 1 unspecified atom stereocenters. The molecule has 0 aromatic heterocycles. The lowest BCUT2D eigenvalue weighted by Gasteiger charge is -2.33.